The first-order chi connectivity index (χ1) is 7.90. The van der Waals surface area contributed by atoms with Crippen molar-refractivity contribution in [3.05, 3.63) is 35.9 Å². The van der Waals surface area contributed by atoms with Crippen LogP contribution >= 0.6 is 12.4 Å². The molecule has 1 aliphatic rings. The van der Waals surface area contributed by atoms with Crippen LogP contribution in [0.2, 0.25) is 0 Å². The third-order valence-electron chi connectivity index (χ3n) is 3.76. The fraction of sp³-hybridized carbons (Fsp3) is 0.600. The third kappa shape index (κ3) is 4.33. The minimum atomic E-state index is 0. The van der Waals surface area contributed by atoms with E-state index >= 15 is 0 Å². The summed E-state index contributed by atoms with van der Waals surface area (Å²) in [5, 5.41) is 0. The Bertz CT molecular complexity index is 299. The summed E-state index contributed by atoms with van der Waals surface area (Å²) in [6.45, 7) is 4.83. The number of rotatable bonds is 4. The minimum Gasteiger partial charge on any atom is -0.301 e. The van der Waals surface area contributed by atoms with E-state index in [4.69, 9.17) is 0 Å². The van der Waals surface area contributed by atoms with Gasteiger partial charge in [0.05, 0.1) is 0 Å². The highest BCUT2D eigenvalue weighted by Crippen LogP contribution is 2.20. The Morgan fingerprint density at radius 1 is 1.18 bits per heavy atom. The van der Waals surface area contributed by atoms with Crippen molar-refractivity contribution in [2.75, 3.05) is 13.1 Å². The van der Waals surface area contributed by atoms with Crippen LogP contribution in [-0.2, 0) is 6.42 Å². The lowest BCUT2D eigenvalue weighted by atomic mass is 9.96. The Morgan fingerprint density at radius 2 is 1.94 bits per heavy atom. The van der Waals surface area contributed by atoms with Gasteiger partial charge in [0, 0.05) is 6.04 Å². The second-order valence-corrected chi connectivity index (χ2v) is 4.80. The molecular formula is C15H24ClN. The van der Waals surface area contributed by atoms with Crippen LogP contribution < -0.4 is 0 Å². The van der Waals surface area contributed by atoms with Gasteiger partial charge in [-0.05, 0) is 44.3 Å². The molecule has 1 saturated heterocycles. The largest absolute Gasteiger partial charge is 0.301 e. The molecule has 0 aromatic heterocycles. The van der Waals surface area contributed by atoms with Crippen molar-refractivity contribution in [3.8, 4) is 0 Å². The number of aryl methyl sites for hydroxylation is 1. The molecule has 1 nitrogen and oxygen atoms in total. The monoisotopic (exact) mass is 253 g/mol. The number of hydrogen-bond donors (Lipinski definition) is 0. The van der Waals surface area contributed by atoms with Crippen LogP contribution in [0, 0.1) is 0 Å². The molecule has 0 spiro atoms. The molecule has 1 fully saturated rings. The van der Waals surface area contributed by atoms with Gasteiger partial charge in [0.15, 0.2) is 0 Å². The molecule has 1 aromatic carbocycles. The summed E-state index contributed by atoms with van der Waals surface area (Å²) in [5.74, 6) is 0. The van der Waals surface area contributed by atoms with Crippen LogP contribution in [0.5, 0.6) is 0 Å². The molecule has 1 atom stereocenters. The summed E-state index contributed by atoms with van der Waals surface area (Å²) >= 11 is 0. The van der Waals surface area contributed by atoms with Gasteiger partial charge < -0.3 is 4.90 Å². The van der Waals surface area contributed by atoms with Crippen LogP contribution in [-0.4, -0.2) is 24.0 Å². The molecule has 0 amide bonds. The number of likely N-dealkylation sites (tertiary alicyclic amines) is 1. The maximum Gasteiger partial charge on any atom is 0.00983 e. The summed E-state index contributed by atoms with van der Waals surface area (Å²) in [7, 11) is 0. The van der Waals surface area contributed by atoms with Crippen LogP contribution in [0.4, 0.5) is 0 Å². The van der Waals surface area contributed by atoms with E-state index in [9.17, 15) is 0 Å². The molecule has 1 heterocycles. The molecule has 96 valence electrons. The number of halogens is 1. The average molecular weight is 254 g/mol. The molecule has 0 N–H and O–H groups in total. The third-order valence-corrected chi connectivity index (χ3v) is 3.76. The lowest BCUT2D eigenvalue weighted by Gasteiger charge is -2.35. The SMILES string of the molecule is CCN1CCCCC1CCc1ccccc1.Cl. The van der Waals surface area contributed by atoms with E-state index in [1.807, 2.05) is 0 Å². The van der Waals surface area contributed by atoms with Gasteiger partial charge in [-0.1, -0.05) is 43.7 Å². The van der Waals surface area contributed by atoms with E-state index in [0.29, 0.717) is 0 Å². The molecule has 1 aliphatic heterocycles. The first-order valence-corrected chi connectivity index (χ1v) is 6.68. The van der Waals surface area contributed by atoms with Crippen molar-refractivity contribution in [1.29, 1.82) is 0 Å². The molecule has 0 saturated carbocycles. The summed E-state index contributed by atoms with van der Waals surface area (Å²) in [6, 6.07) is 11.7. The Balaban J connectivity index is 0.00000144. The number of benzene rings is 1. The summed E-state index contributed by atoms with van der Waals surface area (Å²) < 4.78 is 0. The van der Waals surface area contributed by atoms with Gasteiger partial charge in [0.25, 0.3) is 0 Å². The van der Waals surface area contributed by atoms with Crippen molar-refractivity contribution >= 4 is 12.4 Å². The molecule has 2 rings (SSSR count). The molecule has 1 unspecified atom stereocenters. The topological polar surface area (TPSA) is 3.24 Å². The zero-order valence-electron chi connectivity index (χ0n) is 10.8. The minimum absolute atomic E-state index is 0. The zero-order chi connectivity index (χ0) is 11.2. The van der Waals surface area contributed by atoms with Crippen LogP contribution in [0.1, 0.15) is 38.2 Å². The normalized spacial score (nSPS) is 20.9. The Labute approximate surface area is 112 Å². The van der Waals surface area contributed by atoms with Crippen molar-refractivity contribution < 1.29 is 0 Å². The highest BCUT2D eigenvalue weighted by Gasteiger charge is 2.20. The highest BCUT2D eigenvalue weighted by atomic mass is 35.5. The lowest BCUT2D eigenvalue weighted by Crippen LogP contribution is -2.39. The predicted octanol–water partition coefficient (Wildman–Crippen LogP) is 3.92. The molecule has 0 aliphatic carbocycles. The van der Waals surface area contributed by atoms with E-state index in [1.165, 1.54) is 50.8 Å². The number of piperidine rings is 1. The van der Waals surface area contributed by atoms with Crippen molar-refractivity contribution in [2.45, 2.75) is 45.1 Å². The number of nitrogens with zero attached hydrogens (tertiary/aromatic N) is 1. The van der Waals surface area contributed by atoms with Gasteiger partial charge in [0.1, 0.15) is 0 Å². The maximum atomic E-state index is 2.66. The van der Waals surface area contributed by atoms with E-state index in [1.54, 1.807) is 0 Å². The van der Waals surface area contributed by atoms with Gasteiger partial charge >= 0.3 is 0 Å². The van der Waals surface area contributed by atoms with Crippen molar-refractivity contribution in [2.24, 2.45) is 0 Å². The molecular weight excluding hydrogens is 230 g/mol. The van der Waals surface area contributed by atoms with E-state index < -0.39 is 0 Å². The zero-order valence-corrected chi connectivity index (χ0v) is 11.6. The fourth-order valence-electron chi connectivity index (χ4n) is 2.78. The predicted molar refractivity (Wildman–Crippen MR) is 76.9 cm³/mol. The Kier molecular flexibility index (Phi) is 6.61. The maximum absolute atomic E-state index is 2.66. The standard InChI is InChI=1S/C15H23N.ClH/c1-2-16-13-7-6-10-15(16)12-11-14-8-4-3-5-9-14;/h3-5,8-9,15H,2,6-7,10-13H2,1H3;1H. The van der Waals surface area contributed by atoms with Crippen molar-refractivity contribution in [1.82, 2.24) is 4.90 Å². The second kappa shape index (κ2) is 7.73. The van der Waals surface area contributed by atoms with E-state index in [-0.39, 0.29) is 12.4 Å². The van der Waals surface area contributed by atoms with E-state index in [0.717, 1.165) is 6.04 Å². The Hall–Kier alpha value is -0.530. The van der Waals surface area contributed by atoms with Gasteiger partial charge in [-0.2, -0.15) is 0 Å². The smallest absolute Gasteiger partial charge is 0.00983 e. The summed E-state index contributed by atoms with van der Waals surface area (Å²) in [6.07, 6.45) is 6.80. The fourth-order valence-corrected chi connectivity index (χ4v) is 2.78. The van der Waals surface area contributed by atoms with Gasteiger partial charge in [0.2, 0.25) is 0 Å². The van der Waals surface area contributed by atoms with Gasteiger partial charge in [-0.25, -0.2) is 0 Å². The second-order valence-electron chi connectivity index (χ2n) is 4.80. The molecule has 1 aromatic rings. The first kappa shape index (κ1) is 14.5. The number of hydrogen-bond acceptors (Lipinski definition) is 1. The van der Waals surface area contributed by atoms with Crippen LogP contribution in [0.15, 0.2) is 30.3 Å². The highest BCUT2D eigenvalue weighted by molar-refractivity contribution is 5.85. The van der Waals surface area contributed by atoms with Crippen molar-refractivity contribution in [3.63, 3.8) is 0 Å². The molecule has 17 heavy (non-hydrogen) atoms. The summed E-state index contributed by atoms with van der Waals surface area (Å²) in [5.41, 5.74) is 1.49. The van der Waals surface area contributed by atoms with Crippen LogP contribution in [0.25, 0.3) is 0 Å². The van der Waals surface area contributed by atoms with E-state index in [2.05, 4.69) is 42.2 Å². The average Bonchev–Trinajstić information content (AvgIpc) is 2.38. The molecule has 0 radical (unpaired) electrons. The quantitative estimate of drug-likeness (QED) is 0.786. The van der Waals surface area contributed by atoms with Crippen LogP contribution in [0.3, 0.4) is 0 Å². The first-order valence-electron chi connectivity index (χ1n) is 6.68. The Morgan fingerprint density at radius 3 is 2.65 bits per heavy atom. The lowest BCUT2D eigenvalue weighted by molar-refractivity contribution is 0.148. The summed E-state index contributed by atoms with van der Waals surface area (Å²) in [4.78, 5) is 2.66. The molecule has 2 heteroatoms. The van der Waals surface area contributed by atoms with Gasteiger partial charge in [-0.15, -0.1) is 12.4 Å². The molecule has 0 bridgehead atoms. The van der Waals surface area contributed by atoms with Gasteiger partial charge in [-0.3, -0.25) is 0 Å².